The summed E-state index contributed by atoms with van der Waals surface area (Å²) in [6.07, 6.45) is -1.98. The molecule has 0 unspecified atom stereocenters. The van der Waals surface area contributed by atoms with E-state index in [1.807, 2.05) is 0 Å². The van der Waals surface area contributed by atoms with E-state index in [0.29, 0.717) is 15.6 Å². The van der Waals surface area contributed by atoms with Gasteiger partial charge in [-0.1, -0.05) is 0 Å². The minimum atomic E-state index is -4.84. The van der Waals surface area contributed by atoms with Gasteiger partial charge in [0, 0.05) is 31.5 Å². The van der Waals surface area contributed by atoms with Gasteiger partial charge in [-0.3, -0.25) is 9.48 Å². The van der Waals surface area contributed by atoms with E-state index in [1.165, 1.54) is 22.9 Å². The van der Waals surface area contributed by atoms with Gasteiger partial charge in [0.2, 0.25) is 0 Å². The minimum absolute atomic E-state index is 0.0396. The molecule has 30 heavy (non-hydrogen) atoms. The van der Waals surface area contributed by atoms with Gasteiger partial charge in [0.1, 0.15) is 11.4 Å². The third kappa shape index (κ3) is 4.62. The summed E-state index contributed by atoms with van der Waals surface area (Å²) in [6.45, 7) is 1.67. The van der Waals surface area contributed by atoms with Crippen LogP contribution < -0.4 is 10.1 Å². The molecule has 1 aromatic heterocycles. The van der Waals surface area contributed by atoms with E-state index < -0.39 is 28.2 Å². The zero-order chi connectivity index (χ0) is 22.3. The fraction of sp³-hybridized carbons (Fsp3) is 0.235. The van der Waals surface area contributed by atoms with E-state index >= 15 is 0 Å². The third-order valence-electron chi connectivity index (χ3n) is 4.04. The molecule has 2 aromatic rings. The fourth-order valence-electron chi connectivity index (χ4n) is 2.68. The molecule has 0 bridgehead atoms. The molecule has 0 saturated heterocycles. The number of anilines is 1. The van der Waals surface area contributed by atoms with Crippen molar-refractivity contribution in [2.45, 2.75) is 13.3 Å². The Labute approximate surface area is 169 Å². The number of aryl methyl sites for hydroxylation is 2. The predicted octanol–water partition coefficient (Wildman–Crippen LogP) is 2.13. The first-order valence-electron chi connectivity index (χ1n) is 8.34. The summed E-state index contributed by atoms with van der Waals surface area (Å²) in [6, 6.07) is 4.42. The number of likely N-dealkylation sites (N-methyl/N-ethyl adjacent to an activating group) is 1. The molecule has 0 aliphatic carbocycles. The van der Waals surface area contributed by atoms with Crippen LogP contribution in [0.2, 0.25) is 0 Å². The molecule has 2 heterocycles. The SMILES string of the molecule is Cc1nn(C)cc1C1=NS(=O)(=O)N(C)C(C(=O)Nc2ccc(OC(F)(F)F)cc2)=C1. The van der Waals surface area contributed by atoms with Crippen LogP contribution in [-0.2, 0) is 22.1 Å². The van der Waals surface area contributed by atoms with Gasteiger partial charge in [-0.2, -0.15) is 13.5 Å². The number of carbonyl (C=O) groups is 1. The first kappa shape index (κ1) is 21.4. The molecule has 0 spiro atoms. The maximum atomic E-state index is 12.7. The quantitative estimate of drug-likeness (QED) is 0.779. The molecule has 1 aliphatic rings. The Morgan fingerprint density at radius 2 is 1.80 bits per heavy atom. The summed E-state index contributed by atoms with van der Waals surface area (Å²) in [7, 11) is -1.35. The Bertz CT molecular complexity index is 1150. The van der Waals surface area contributed by atoms with Gasteiger partial charge in [-0.15, -0.1) is 17.6 Å². The number of halogens is 3. The average molecular weight is 443 g/mol. The van der Waals surface area contributed by atoms with Crippen LogP contribution in [0.1, 0.15) is 11.3 Å². The molecule has 0 radical (unpaired) electrons. The van der Waals surface area contributed by atoms with Gasteiger partial charge >= 0.3 is 16.6 Å². The molecule has 0 fully saturated rings. The molecular weight excluding hydrogens is 427 g/mol. The molecule has 1 aliphatic heterocycles. The largest absolute Gasteiger partial charge is 0.573 e. The lowest BCUT2D eigenvalue weighted by Crippen LogP contribution is -2.35. The Hall–Kier alpha value is -3.35. The van der Waals surface area contributed by atoms with E-state index in [-0.39, 0.29) is 17.1 Å². The van der Waals surface area contributed by atoms with Crippen molar-refractivity contribution in [2.24, 2.45) is 11.4 Å². The zero-order valence-electron chi connectivity index (χ0n) is 15.9. The van der Waals surface area contributed by atoms with Crippen molar-refractivity contribution in [1.29, 1.82) is 0 Å². The van der Waals surface area contributed by atoms with Crippen molar-refractivity contribution in [3.05, 3.63) is 53.5 Å². The molecule has 13 heteroatoms. The highest BCUT2D eigenvalue weighted by Gasteiger charge is 2.32. The summed E-state index contributed by atoms with van der Waals surface area (Å²) >= 11 is 0. The van der Waals surface area contributed by atoms with Gasteiger partial charge in [-0.25, -0.2) is 4.31 Å². The number of amides is 1. The number of nitrogens with zero attached hydrogens (tertiary/aromatic N) is 4. The Morgan fingerprint density at radius 1 is 1.17 bits per heavy atom. The molecular formula is C17H16F3N5O4S. The molecule has 0 atom stereocenters. The van der Waals surface area contributed by atoms with Crippen molar-refractivity contribution < 1.29 is 31.1 Å². The summed E-state index contributed by atoms with van der Waals surface area (Å²) in [5.74, 6) is -1.25. The number of rotatable bonds is 4. The van der Waals surface area contributed by atoms with Crippen molar-refractivity contribution in [2.75, 3.05) is 12.4 Å². The van der Waals surface area contributed by atoms with Gasteiger partial charge in [-0.05, 0) is 37.3 Å². The number of carbonyl (C=O) groups excluding carboxylic acids is 1. The monoisotopic (exact) mass is 443 g/mol. The third-order valence-corrected chi connectivity index (χ3v) is 5.36. The van der Waals surface area contributed by atoms with Crippen LogP contribution in [0.15, 0.2) is 46.6 Å². The minimum Gasteiger partial charge on any atom is -0.406 e. The van der Waals surface area contributed by atoms with Crippen molar-refractivity contribution in [3.63, 3.8) is 0 Å². The van der Waals surface area contributed by atoms with Gasteiger partial charge < -0.3 is 10.1 Å². The standard InChI is InChI=1S/C17H16F3N5O4S/c1-10-13(9-24(2)22-10)14-8-15(25(3)30(27,28)23-14)16(26)21-11-4-6-12(7-5-11)29-17(18,19)20/h4-9H,1-3H3,(H,21,26). The van der Waals surface area contributed by atoms with Crippen LogP contribution in [0.4, 0.5) is 18.9 Å². The number of allylic oxidation sites excluding steroid dienone is 1. The molecule has 1 aromatic carbocycles. The van der Waals surface area contributed by atoms with Crippen molar-refractivity contribution in [1.82, 2.24) is 14.1 Å². The van der Waals surface area contributed by atoms with E-state index in [0.717, 1.165) is 19.2 Å². The number of alkyl halides is 3. The lowest BCUT2D eigenvalue weighted by atomic mass is 10.1. The van der Waals surface area contributed by atoms with Crippen molar-refractivity contribution >= 4 is 27.5 Å². The van der Waals surface area contributed by atoms with Crippen LogP contribution in [0.3, 0.4) is 0 Å². The first-order valence-corrected chi connectivity index (χ1v) is 9.74. The highest BCUT2D eigenvalue weighted by molar-refractivity contribution is 7.88. The topological polar surface area (TPSA) is 106 Å². The smallest absolute Gasteiger partial charge is 0.406 e. The maximum Gasteiger partial charge on any atom is 0.573 e. The summed E-state index contributed by atoms with van der Waals surface area (Å²) in [4.78, 5) is 12.7. The van der Waals surface area contributed by atoms with Crippen molar-refractivity contribution in [3.8, 4) is 5.75 Å². The average Bonchev–Trinajstić information content (AvgIpc) is 2.96. The van der Waals surface area contributed by atoms with Crippen LogP contribution in [-0.4, -0.2) is 47.5 Å². The van der Waals surface area contributed by atoms with E-state index in [2.05, 4.69) is 19.6 Å². The summed E-state index contributed by atoms with van der Waals surface area (Å²) < 4.78 is 71.2. The van der Waals surface area contributed by atoms with Gasteiger partial charge in [0.05, 0.1) is 11.4 Å². The number of hydrogen-bond donors (Lipinski definition) is 1. The van der Waals surface area contributed by atoms with Crippen LogP contribution in [0.25, 0.3) is 0 Å². The van der Waals surface area contributed by atoms with Crippen LogP contribution in [0.5, 0.6) is 5.75 Å². The van der Waals surface area contributed by atoms with E-state index in [1.54, 1.807) is 20.2 Å². The van der Waals surface area contributed by atoms with Crippen LogP contribution in [0, 0.1) is 6.92 Å². The second-order valence-electron chi connectivity index (χ2n) is 6.28. The van der Waals surface area contributed by atoms with Gasteiger partial charge in [0.25, 0.3) is 5.91 Å². The Morgan fingerprint density at radius 3 is 2.33 bits per heavy atom. The predicted molar refractivity (Wildman–Crippen MR) is 101 cm³/mol. The number of aromatic nitrogens is 2. The Balaban J connectivity index is 1.87. The molecule has 0 saturated carbocycles. The lowest BCUT2D eigenvalue weighted by molar-refractivity contribution is -0.274. The summed E-state index contributed by atoms with van der Waals surface area (Å²) in [5, 5.41) is 6.57. The lowest BCUT2D eigenvalue weighted by Gasteiger charge is -2.23. The second kappa shape index (κ2) is 7.48. The fourth-order valence-corrected chi connectivity index (χ4v) is 3.58. The van der Waals surface area contributed by atoms with Gasteiger partial charge in [0.15, 0.2) is 0 Å². The molecule has 3 rings (SSSR count). The zero-order valence-corrected chi connectivity index (χ0v) is 16.7. The van der Waals surface area contributed by atoms with E-state index in [9.17, 15) is 26.4 Å². The normalized spacial score (nSPS) is 16.0. The van der Waals surface area contributed by atoms with E-state index in [4.69, 9.17) is 0 Å². The number of ether oxygens (including phenoxy) is 1. The Kier molecular flexibility index (Phi) is 5.33. The molecule has 1 N–H and O–H groups in total. The number of nitrogens with one attached hydrogen (secondary N) is 1. The number of hydrogen-bond acceptors (Lipinski definition) is 5. The second-order valence-corrected chi connectivity index (χ2v) is 7.91. The molecule has 160 valence electrons. The summed E-state index contributed by atoms with van der Waals surface area (Å²) in [5.41, 5.74) is 0.917. The first-order chi connectivity index (χ1) is 13.9. The number of benzene rings is 1. The highest BCUT2D eigenvalue weighted by Crippen LogP contribution is 2.25. The van der Waals surface area contributed by atoms with Crippen LogP contribution >= 0.6 is 0 Å². The molecule has 9 nitrogen and oxygen atoms in total. The highest BCUT2D eigenvalue weighted by atomic mass is 32.2. The molecule has 1 amide bonds. The maximum absolute atomic E-state index is 12.7.